The number of fused-ring (bicyclic) bond motifs is 1. The molecular formula is C17H16O3. The molecule has 1 aliphatic carbocycles. The van der Waals surface area contributed by atoms with E-state index in [0.717, 1.165) is 22.9 Å². The van der Waals surface area contributed by atoms with Crippen LogP contribution in [0.2, 0.25) is 0 Å². The number of Topliss-reactive ketones (excluding diaryl/α,β-unsaturated/α-hetero) is 2. The van der Waals surface area contributed by atoms with Crippen molar-refractivity contribution in [2.24, 2.45) is 5.92 Å². The summed E-state index contributed by atoms with van der Waals surface area (Å²) < 4.78 is 5.18. The summed E-state index contributed by atoms with van der Waals surface area (Å²) in [5, 5.41) is 2.01. The van der Waals surface area contributed by atoms with Gasteiger partial charge in [0.2, 0.25) is 0 Å². The highest BCUT2D eigenvalue weighted by molar-refractivity contribution is 6.12. The second kappa shape index (κ2) is 5.08. The molecular weight excluding hydrogens is 252 g/mol. The highest BCUT2D eigenvalue weighted by Gasteiger charge is 2.31. The van der Waals surface area contributed by atoms with Crippen LogP contribution in [0.3, 0.4) is 0 Å². The van der Waals surface area contributed by atoms with Gasteiger partial charge < -0.3 is 4.74 Å². The molecule has 20 heavy (non-hydrogen) atoms. The first-order valence-corrected chi connectivity index (χ1v) is 6.84. The first-order valence-electron chi connectivity index (χ1n) is 6.84. The van der Waals surface area contributed by atoms with Crippen molar-refractivity contribution in [2.45, 2.75) is 19.3 Å². The third kappa shape index (κ3) is 2.20. The van der Waals surface area contributed by atoms with Gasteiger partial charge >= 0.3 is 0 Å². The number of benzene rings is 2. The largest absolute Gasteiger partial charge is 0.497 e. The molecule has 0 radical (unpaired) electrons. The third-order valence-corrected chi connectivity index (χ3v) is 3.95. The van der Waals surface area contributed by atoms with Crippen molar-refractivity contribution in [1.82, 2.24) is 0 Å². The predicted octanol–water partition coefficient (Wildman–Crippen LogP) is 3.40. The molecule has 1 aliphatic rings. The molecule has 0 spiro atoms. The zero-order valence-corrected chi connectivity index (χ0v) is 11.4. The minimum Gasteiger partial charge on any atom is -0.497 e. The van der Waals surface area contributed by atoms with Crippen LogP contribution in [0.5, 0.6) is 5.75 Å². The Morgan fingerprint density at radius 2 is 1.90 bits per heavy atom. The average Bonchev–Trinajstić information content (AvgIpc) is 2.91. The minimum atomic E-state index is -0.425. The summed E-state index contributed by atoms with van der Waals surface area (Å²) in [5.74, 6) is 0.420. The van der Waals surface area contributed by atoms with E-state index in [0.29, 0.717) is 18.4 Å². The van der Waals surface area contributed by atoms with Gasteiger partial charge in [-0.1, -0.05) is 18.2 Å². The van der Waals surface area contributed by atoms with Crippen LogP contribution in [0, 0.1) is 5.92 Å². The van der Waals surface area contributed by atoms with E-state index in [1.165, 1.54) is 0 Å². The SMILES string of the molecule is COc1ccc2cc(C(=O)C3CCCC3=O)ccc2c1. The van der Waals surface area contributed by atoms with Crippen molar-refractivity contribution in [3.63, 3.8) is 0 Å². The highest BCUT2D eigenvalue weighted by Crippen LogP contribution is 2.27. The van der Waals surface area contributed by atoms with Crippen molar-refractivity contribution in [1.29, 1.82) is 0 Å². The standard InChI is InChI=1S/C17H16O3/c1-20-14-8-7-11-9-13(6-5-12(11)10-14)17(19)15-3-2-4-16(15)18/h5-10,15H,2-4H2,1H3. The van der Waals surface area contributed by atoms with Crippen LogP contribution < -0.4 is 4.74 Å². The number of carbonyl (C=O) groups excluding carboxylic acids is 2. The normalized spacial score (nSPS) is 18.4. The van der Waals surface area contributed by atoms with Crippen molar-refractivity contribution in [3.8, 4) is 5.75 Å². The Morgan fingerprint density at radius 3 is 2.60 bits per heavy atom. The number of carbonyl (C=O) groups is 2. The van der Waals surface area contributed by atoms with Gasteiger partial charge in [0.15, 0.2) is 5.78 Å². The van der Waals surface area contributed by atoms with Crippen LogP contribution in [-0.4, -0.2) is 18.7 Å². The number of rotatable bonds is 3. The van der Waals surface area contributed by atoms with Crippen LogP contribution >= 0.6 is 0 Å². The molecule has 3 heteroatoms. The lowest BCUT2D eigenvalue weighted by atomic mass is 9.94. The summed E-state index contributed by atoms with van der Waals surface area (Å²) in [4.78, 5) is 24.1. The summed E-state index contributed by atoms with van der Waals surface area (Å²) in [5.41, 5.74) is 0.628. The highest BCUT2D eigenvalue weighted by atomic mass is 16.5. The minimum absolute atomic E-state index is 0.0368. The number of hydrogen-bond donors (Lipinski definition) is 0. The molecule has 0 bridgehead atoms. The molecule has 0 N–H and O–H groups in total. The van der Waals surface area contributed by atoms with E-state index in [4.69, 9.17) is 4.74 Å². The fraction of sp³-hybridized carbons (Fsp3) is 0.294. The van der Waals surface area contributed by atoms with Gasteiger partial charge in [-0.3, -0.25) is 9.59 Å². The summed E-state index contributed by atoms with van der Waals surface area (Å²) in [6.45, 7) is 0. The van der Waals surface area contributed by atoms with Crippen LogP contribution in [-0.2, 0) is 4.79 Å². The van der Waals surface area contributed by atoms with Gasteiger partial charge in [0, 0.05) is 12.0 Å². The average molecular weight is 268 g/mol. The lowest BCUT2D eigenvalue weighted by Gasteiger charge is -2.08. The molecule has 1 atom stereocenters. The lowest BCUT2D eigenvalue weighted by molar-refractivity contribution is -0.119. The Hall–Kier alpha value is -2.16. The lowest BCUT2D eigenvalue weighted by Crippen LogP contribution is -2.18. The molecule has 1 unspecified atom stereocenters. The zero-order valence-electron chi connectivity index (χ0n) is 11.4. The van der Waals surface area contributed by atoms with Gasteiger partial charge in [-0.2, -0.15) is 0 Å². The van der Waals surface area contributed by atoms with Crippen LogP contribution in [0.15, 0.2) is 36.4 Å². The first kappa shape index (κ1) is 12.9. The molecule has 0 heterocycles. The topological polar surface area (TPSA) is 43.4 Å². The van der Waals surface area contributed by atoms with E-state index in [1.807, 2.05) is 30.3 Å². The molecule has 3 rings (SSSR count). The smallest absolute Gasteiger partial charge is 0.173 e. The van der Waals surface area contributed by atoms with Gasteiger partial charge in [0.1, 0.15) is 11.5 Å². The summed E-state index contributed by atoms with van der Waals surface area (Å²) >= 11 is 0. The maximum absolute atomic E-state index is 12.4. The van der Waals surface area contributed by atoms with Gasteiger partial charge in [-0.05, 0) is 41.8 Å². The van der Waals surface area contributed by atoms with Gasteiger partial charge in [0.25, 0.3) is 0 Å². The molecule has 1 fully saturated rings. The number of ketones is 2. The zero-order chi connectivity index (χ0) is 14.1. The number of ether oxygens (including phenoxy) is 1. The second-order valence-corrected chi connectivity index (χ2v) is 5.20. The Balaban J connectivity index is 1.96. The number of methoxy groups -OCH3 is 1. The second-order valence-electron chi connectivity index (χ2n) is 5.20. The maximum Gasteiger partial charge on any atom is 0.173 e. The molecule has 2 aromatic rings. The van der Waals surface area contributed by atoms with Crippen molar-refractivity contribution in [2.75, 3.05) is 7.11 Å². The molecule has 0 saturated heterocycles. The molecule has 0 aliphatic heterocycles. The molecule has 1 saturated carbocycles. The maximum atomic E-state index is 12.4. The molecule has 0 aromatic heterocycles. The Morgan fingerprint density at radius 1 is 1.15 bits per heavy atom. The first-order chi connectivity index (χ1) is 9.69. The van der Waals surface area contributed by atoms with E-state index in [2.05, 4.69) is 0 Å². The Labute approximate surface area is 117 Å². The van der Waals surface area contributed by atoms with Gasteiger partial charge in [-0.15, -0.1) is 0 Å². The van der Waals surface area contributed by atoms with E-state index in [-0.39, 0.29) is 11.6 Å². The fourth-order valence-electron chi connectivity index (χ4n) is 2.80. The predicted molar refractivity (Wildman–Crippen MR) is 77.2 cm³/mol. The fourth-order valence-corrected chi connectivity index (χ4v) is 2.80. The van der Waals surface area contributed by atoms with Crippen LogP contribution in [0.4, 0.5) is 0 Å². The molecule has 0 amide bonds. The van der Waals surface area contributed by atoms with E-state index in [9.17, 15) is 9.59 Å². The van der Waals surface area contributed by atoms with Crippen LogP contribution in [0.1, 0.15) is 29.6 Å². The van der Waals surface area contributed by atoms with E-state index in [1.54, 1.807) is 13.2 Å². The number of hydrogen-bond acceptors (Lipinski definition) is 3. The Bertz CT molecular complexity index is 688. The summed E-state index contributed by atoms with van der Waals surface area (Å²) in [7, 11) is 1.63. The van der Waals surface area contributed by atoms with Gasteiger partial charge in [-0.25, -0.2) is 0 Å². The Kier molecular flexibility index (Phi) is 3.26. The van der Waals surface area contributed by atoms with E-state index < -0.39 is 5.92 Å². The van der Waals surface area contributed by atoms with Gasteiger partial charge in [0.05, 0.1) is 13.0 Å². The van der Waals surface area contributed by atoms with Crippen LogP contribution in [0.25, 0.3) is 10.8 Å². The molecule has 102 valence electrons. The quantitative estimate of drug-likeness (QED) is 0.633. The van der Waals surface area contributed by atoms with Crippen molar-refractivity contribution >= 4 is 22.3 Å². The monoisotopic (exact) mass is 268 g/mol. The van der Waals surface area contributed by atoms with Crippen molar-refractivity contribution < 1.29 is 14.3 Å². The third-order valence-electron chi connectivity index (χ3n) is 3.95. The van der Waals surface area contributed by atoms with E-state index >= 15 is 0 Å². The van der Waals surface area contributed by atoms with Crippen molar-refractivity contribution in [3.05, 3.63) is 42.0 Å². The summed E-state index contributed by atoms with van der Waals surface area (Å²) in [6.07, 6.45) is 2.07. The molecule has 3 nitrogen and oxygen atoms in total. The molecule has 2 aromatic carbocycles. The summed E-state index contributed by atoms with van der Waals surface area (Å²) in [6, 6.07) is 11.3.